The van der Waals surface area contributed by atoms with Gasteiger partial charge in [-0.15, -0.1) is 0 Å². The van der Waals surface area contributed by atoms with Crippen LogP contribution in [0.15, 0.2) is 18.2 Å². The Hall–Kier alpha value is -1.75. The molecule has 1 fully saturated rings. The Morgan fingerprint density at radius 3 is 2.65 bits per heavy atom. The van der Waals surface area contributed by atoms with Crippen molar-refractivity contribution in [3.05, 3.63) is 23.8 Å². The van der Waals surface area contributed by atoms with Crippen LogP contribution in [0.1, 0.15) is 43.0 Å². The minimum Gasteiger partial charge on any atom is -0.507 e. The number of aromatic hydroxyl groups is 2. The van der Waals surface area contributed by atoms with Gasteiger partial charge in [0.25, 0.3) is 5.91 Å². The molecule has 110 valence electrons. The van der Waals surface area contributed by atoms with Crippen LogP contribution in [-0.4, -0.2) is 28.2 Å². The van der Waals surface area contributed by atoms with Crippen molar-refractivity contribution in [3.8, 4) is 11.5 Å². The molecule has 1 aromatic rings. The quantitative estimate of drug-likeness (QED) is 0.677. The fourth-order valence-corrected chi connectivity index (χ4v) is 3.07. The van der Waals surface area contributed by atoms with Gasteiger partial charge in [-0.25, -0.2) is 0 Å². The maximum absolute atomic E-state index is 12.3. The number of nitrogens with two attached hydrogens (primary N) is 1. The molecule has 2 unspecified atom stereocenters. The fraction of sp³-hybridized carbons (Fsp3) is 0.533. The van der Waals surface area contributed by atoms with Crippen LogP contribution < -0.4 is 11.1 Å². The van der Waals surface area contributed by atoms with E-state index in [-0.39, 0.29) is 17.1 Å². The van der Waals surface area contributed by atoms with Crippen LogP contribution in [0.3, 0.4) is 0 Å². The van der Waals surface area contributed by atoms with E-state index >= 15 is 0 Å². The first-order valence-corrected chi connectivity index (χ1v) is 7.01. The summed E-state index contributed by atoms with van der Waals surface area (Å²) in [5.74, 6) is -0.414. The number of hydrogen-bond donors (Lipinski definition) is 4. The fourth-order valence-electron chi connectivity index (χ4n) is 3.07. The average Bonchev–Trinajstić information content (AvgIpc) is 2.38. The zero-order chi connectivity index (χ0) is 14.8. The first-order chi connectivity index (χ1) is 9.47. The smallest absolute Gasteiger partial charge is 0.259 e. The molecule has 5 heteroatoms. The van der Waals surface area contributed by atoms with E-state index in [0.29, 0.717) is 12.5 Å². The van der Waals surface area contributed by atoms with Crippen LogP contribution >= 0.6 is 0 Å². The second-order valence-corrected chi connectivity index (χ2v) is 5.81. The molecule has 0 aliphatic heterocycles. The lowest BCUT2D eigenvalue weighted by Crippen LogP contribution is -2.56. The normalized spacial score (nSPS) is 26.2. The summed E-state index contributed by atoms with van der Waals surface area (Å²) in [5, 5.41) is 22.4. The summed E-state index contributed by atoms with van der Waals surface area (Å²) in [4.78, 5) is 12.3. The molecule has 0 heterocycles. The molecular weight excluding hydrogens is 256 g/mol. The maximum atomic E-state index is 12.3. The molecule has 0 saturated heterocycles. The molecule has 0 radical (unpaired) electrons. The zero-order valence-corrected chi connectivity index (χ0v) is 11.7. The van der Waals surface area contributed by atoms with Crippen molar-refractivity contribution in [2.75, 3.05) is 6.54 Å². The van der Waals surface area contributed by atoms with Crippen LogP contribution in [-0.2, 0) is 0 Å². The van der Waals surface area contributed by atoms with Gasteiger partial charge in [-0.2, -0.15) is 0 Å². The molecule has 1 aliphatic rings. The van der Waals surface area contributed by atoms with Crippen molar-refractivity contribution in [1.82, 2.24) is 5.32 Å². The Bertz CT molecular complexity index is 484. The van der Waals surface area contributed by atoms with E-state index in [1.807, 2.05) is 0 Å². The molecule has 0 aromatic heterocycles. The van der Waals surface area contributed by atoms with E-state index in [9.17, 15) is 15.0 Å². The third-order valence-corrected chi connectivity index (χ3v) is 4.11. The van der Waals surface area contributed by atoms with Crippen molar-refractivity contribution >= 4 is 5.91 Å². The summed E-state index contributed by atoms with van der Waals surface area (Å²) in [6, 6.07) is 4.25. The Kier molecular flexibility index (Phi) is 4.18. The molecule has 1 aromatic carbocycles. The van der Waals surface area contributed by atoms with Crippen LogP contribution in [0.2, 0.25) is 0 Å². The second-order valence-electron chi connectivity index (χ2n) is 5.81. The van der Waals surface area contributed by atoms with Crippen molar-refractivity contribution in [3.63, 3.8) is 0 Å². The molecular formula is C15H22N2O3. The molecule has 5 nitrogen and oxygen atoms in total. The number of rotatable bonds is 3. The van der Waals surface area contributed by atoms with Gasteiger partial charge in [0.1, 0.15) is 17.1 Å². The lowest BCUT2D eigenvalue weighted by molar-refractivity contribution is 0.0848. The predicted molar refractivity (Wildman–Crippen MR) is 76.7 cm³/mol. The van der Waals surface area contributed by atoms with E-state index in [2.05, 4.69) is 12.2 Å². The highest BCUT2D eigenvalue weighted by atomic mass is 16.3. The summed E-state index contributed by atoms with van der Waals surface area (Å²) in [7, 11) is 0. The summed E-state index contributed by atoms with van der Waals surface area (Å²) in [6.45, 7) is 2.50. The number of hydrogen-bond acceptors (Lipinski definition) is 4. The highest BCUT2D eigenvalue weighted by Crippen LogP contribution is 2.33. The number of benzene rings is 1. The van der Waals surface area contributed by atoms with Gasteiger partial charge in [0.15, 0.2) is 0 Å². The van der Waals surface area contributed by atoms with Crippen molar-refractivity contribution in [2.24, 2.45) is 11.7 Å². The molecule has 20 heavy (non-hydrogen) atoms. The Morgan fingerprint density at radius 1 is 1.45 bits per heavy atom. The van der Waals surface area contributed by atoms with E-state index in [4.69, 9.17) is 5.73 Å². The number of phenols is 2. The summed E-state index contributed by atoms with van der Waals surface area (Å²) < 4.78 is 0. The molecule has 2 rings (SSSR count). The van der Waals surface area contributed by atoms with E-state index < -0.39 is 11.4 Å². The average molecular weight is 278 g/mol. The number of amides is 1. The van der Waals surface area contributed by atoms with Gasteiger partial charge in [0, 0.05) is 6.54 Å². The lowest BCUT2D eigenvalue weighted by atomic mass is 9.76. The van der Waals surface area contributed by atoms with Crippen molar-refractivity contribution in [2.45, 2.75) is 38.1 Å². The number of phenolic OH excluding ortho intramolecular Hbond substituents is 2. The molecule has 0 spiro atoms. The van der Waals surface area contributed by atoms with Crippen molar-refractivity contribution in [1.29, 1.82) is 0 Å². The van der Waals surface area contributed by atoms with Gasteiger partial charge in [-0.05, 0) is 30.9 Å². The third kappa shape index (κ3) is 2.88. The molecule has 1 amide bonds. The Morgan fingerprint density at radius 2 is 2.10 bits per heavy atom. The minimum atomic E-state index is -0.472. The van der Waals surface area contributed by atoms with Gasteiger partial charge >= 0.3 is 0 Å². The molecule has 1 aliphatic carbocycles. The highest BCUT2D eigenvalue weighted by molar-refractivity contribution is 5.99. The SMILES string of the molecule is CC1CCCC(CN)(NC(=O)c2c(O)cccc2O)C1. The van der Waals surface area contributed by atoms with Crippen LogP contribution in [0.5, 0.6) is 11.5 Å². The Labute approximate surface area is 118 Å². The van der Waals surface area contributed by atoms with Gasteiger partial charge in [-0.3, -0.25) is 4.79 Å². The molecule has 2 atom stereocenters. The molecule has 0 bridgehead atoms. The van der Waals surface area contributed by atoms with Crippen molar-refractivity contribution < 1.29 is 15.0 Å². The minimum absolute atomic E-state index is 0.0847. The summed E-state index contributed by atoms with van der Waals surface area (Å²) >= 11 is 0. The van der Waals surface area contributed by atoms with Gasteiger partial charge < -0.3 is 21.3 Å². The topological polar surface area (TPSA) is 95.6 Å². The first-order valence-electron chi connectivity index (χ1n) is 7.01. The molecule has 1 saturated carbocycles. The first kappa shape index (κ1) is 14.7. The predicted octanol–water partition coefficient (Wildman–Crippen LogP) is 1.74. The number of carbonyl (C=O) groups is 1. The van der Waals surface area contributed by atoms with Crippen LogP contribution in [0.25, 0.3) is 0 Å². The van der Waals surface area contributed by atoms with Gasteiger partial charge in [0.05, 0.1) is 5.54 Å². The van der Waals surface area contributed by atoms with Crippen LogP contribution in [0.4, 0.5) is 0 Å². The number of nitrogens with one attached hydrogen (secondary N) is 1. The lowest BCUT2D eigenvalue weighted by Gasteiger charge is -2.40. The zero-order valence-electron chi connectivity index (χ0n) is 11.7. The van der Waals surface area contributed by atoms with E-state index in [1.54, 1.807) is 0 Å². The monoisotopic (exact) mass is 278 g/mol. The van der Waals surface area contributed by atoms with E-state index in [0.717, 1.165) is 25.7 Å². The Balaban J connectivity index is 2.21. The molecule has 5 N–H and O–H groups in total. The summed E-state index contributed by atoms with van der Waals surface area (Å²) in [5.41, 5.74) is 5.34. The van der Waals surface area contributed by atoms with Gasteiger partial charge in [-0.1, -0.05) is 25.8 Å². The highest BCUT2D eigenvalue weighted by Gasteiger charge is 2.36. The largest absolute Gasteiger partial charge is 0.507 e. The van der Waals surface area contributed by atoms with Gasteiger partial charge in [0.2, 0.25) is 0 Å². The second kappa shape index (κ2) is 5.71. The third-order valence-electron chi connectivity index (χ3n) is 4.11. The standard InChI is InChI=1S/C15H22N2O3/c1-10-4-3-7-15(8-10,9-16)17-14(20)13-11(18)5-2-6-12(13)19/h2,5-6,10,18-19H,3-4,7-9,16H2,1H3,(H,17,20). The van der Waals surface area contributed by atoms with E-state index in [1.165, 1.54) is 18.2 Å². The maximum Gasteiger partial charge on any atom is 0.259 e. The van der Waals surface area contributed by atoms with Crippen LogP contribution in [0, 0.1) is 5.92 Å². The number of carbonyl (C=O) groups excluding carboxylic acids is 1. The summed E-state index contributed by atoms with van der Waals surface area (Å²) in [6.07, 6.45) is 3.81.